The third kappa shape index (κ3) is 5.06. The average Bonchev–Trinajstić information content (AvgIpc) is 3.21. The third-order valence-electron chi connectivity index (χ3n) is 5.16. The fourth-order valence-electron chi connectivity index (χ4n) is 3.48. The summed E-state index contributed by atoms with van der Waals surface area (Å²) < 4.78 is 11.4. The standard InChI is InChI=1S/C27H25NO5/c1-17(2)15-28-26(30)24-22-8-3-4-9-23(22)33-25(24)19-12-10-18(11-13-19)16-32-27(31)20-6-5-7-21(29)14-20/h3-14,17,29H,15-16H2,1-2H3,(H,28,30). The zero-order chi connectivity index (χ0) is 23.4. The van der Waals surface area contributed by atoms with E-state index in [1.165, 1.54) is 12.1 Å². The number of nitrogens with one attached hydrogen (secondary N) is 1. The zero-order valence-electron chi connectivity index (χ0n) is 18.5. The summed E-state index contributed by atoms with van der Waals surface area (Å²) in [6.45, 7) is 4.74. The van der Waals surface area contributed by atoms with Gasteiger partial charge in [-0.25, -0.2) is 4.79 Å². The number of hydrogen-bond acceptors (Lipinski definition) is 5. The molecular weight excluding hydrogens is 418 g/mol. The number of fused-ring (bicyclic) bond motifs is 1. The van der Waals surface area contributed by atoms with Gasteiger partial charge in [0.2, 0.25) is 0 Å². The second-order valence-electron chi connectivity index (χ2n) is 8.23. The summed E-state index contributed by atoms with van der Waals surface area (Å²) in [6.07, 6.45) is 0. The second-order valence-corrected chi connectivity index (χ2v) is 8.23. The Balaban J connectivity index is 1.55. The van der Waals surface area contributed by atoms with Crippen molar-refractivity contribution in [3.63, 3.8) is 0 Å². The molecule has 0 unspecified atom stereocenters. The van der Waals surface area contributed by atoms with Crippen LogP contribution in [0.15, 0.2) is 77.2 Å². The monoisotopic (exact) mass is 443 g/mol. The molecule has 3 aromatic carbocycles. The van der Waals surface area contributed by atoms with Crippen molar-refractivity contribution in [3.05, 3.63) is 89.5 Å². The van der Waals surface area contributed by atoms with Crippen LogP contribution in [0.4, 0.5) is 0 Å². The first-order valence-electron chi connectivity index (χ1n) is 10.8. The SMILES string of the molecule is CC(C)CNC(=O)c1c(-c2ccc(COC(=O)c3cccc(O)c3)cc2)oc2ccccc12. The largest absolute Gasteiger partial charge is 0.508 e. The van der Waals surface area contributed by atoms with Gasteiger partial charge in [0.25, 0.3) is 5.91 Å². The number of esters is 1. The Bertz CT molecular complexity index is 1290. The number of aromatic hydroxyl groups is 1. The van der Waals surface area contributed by atoms with Crippen molar-refractivity contribution >= 4 is 22.8 Å². The Kier molecular flexibility index (Phi) is 6.45. The van der Waals surface area contributed by atoms with Crippen molar-refractivity contribution < 1.29 is 23.8 Å². The van der Waals surface area contributed by atoms with Gasteiger partial charge in [-0.05, 0) is 35.7 Å². The first-order valence-corrected chi connectivity index (χ1v) is 10.8. The predicted molar refractivity (Wildman–Crippen MR) is 126 cm³/mol. The summed E-state index contributed by atoms with van der Waals surface area (Å²) in [7, 11) is 0. The van der Waals surface area contributed by atoms with Gasteiger partial charge in [-0.1, -0.05) is 62.4 Å². The molecular formula is C27H25NO5. The van der Waals surface area contributed by atoms with Gasteiger partial charge in [0.15, 0.2) is 0 Å². The second kappa shape index (κ2) is 9.61. The number of phenols is 1. The van der Waals surface area contributed by atoms with Gasteiger partial charge in [0.1, 0.15) is 23.7 Å². The number of amides is 1. The van der Waals surface area contributed by atoms with Gasteiger partial charge in [0, 0.05) is 17.5 Å². The van der Waals surface area contributed by atoms with Gasteiger partial charge < -0.3 is 19.6 Å². The van der Waals surface area contributed by atoms with Crippen LogP contribution in [-0.4, -0.2) is 23.5 Å². The van der Waals surface area contributed by atoms with E-state index in [0.717, 1.165) is 16.5 Å². The number of carbonyl (C=O) groups excluding carboxylic acids is 2. The number of hydrogen-bond donors (Lipinski definition) is 2. The molecule has 6 heteroatoms. The molecule has 0 spiro atoms. The van der Waals surface area contributed by atoms with Crippen LogP contribution >= 0.6 is 0 Å². The van der Waals surface area contributed by atoms with Gasteiger partial charge in [0.05, 0.1) is 11.1 Å². The van der Waals surface area contributed by atoms with E-state index in [0.29, 0.717) is 29.4 Å². The molecule has 1 aromatic heterocycles. The summed E-state index contributed by atoms with van der Waals surface area (Å²) in [4.78, 5) is 25.2. The molecule has 0 radical (unpaired) electrons. The molecule has 0 saturated carbocycles. The number of benzene rings is 3. The van der Waals surface area contributed by atoms with Crippen molar-refractivity contribution in [2.45, 2.75) is 20.5 Å². The Hall–Kier alpha value is -4.06. The van der Waals surface area contributed by atoms with E-state index in [1.807, 2.05) is 62.4 Å². The molecule has 0 bridgehead atoms. The molecule has 33 heavy (non-hydrogen) atoms. The fourth-order valence-corrected chi connectivity index (χ4v) is 3.48. The zero-order valence-corrected chi connectivity index (χ0v) is 18.5. The van der Waals surface area contributed by atoms with Crippen LogP contribution in [0.2, 0.25) is 0 Å². The summed E-state index contributed by atoms with van der Waals surface area (Å²) in [6, 6.07) is 20.8. The van der Waals surface area contributed by atoms with Crippen LogP contribution < -0.4 is 5.32 Å². The molecule has 168 valence electrons. The number of carbonyl (C=O) groups is 2. The van der Waals surface area contributed by atoms with E-state index >= 15 is 0 Å². The molecule has 4 aromatic rings. The molecule has 0 fully saturated rings. The lowest BCUT2D eigenvalue weighted by Gasteiger charge is -2.09. The Morgan fingerprint density at radius 2 is 1.76 bits per heavy atom. The summed E-state index contributed by atoms with van der Waals surface area (Å²) in [5.74, 6) is 0.148. The van der Waals surface area contributed by atoms with Crippen LogP contribution in [0.3, 0.4) is 0 Å². The number of phenolic OH excluding ortho intramolecular Hbond substituents is 1. The van der Waals surface area contributed by atoms with Crippen molar-refractivity contribution in [3.8, 4) is 17.1 Å². The maximum absolute atomic E-state index is 13.0. The van der Waals surface area contributed by atoms with Crippen LogP contribution in [0.5, 0.6) is 5.75 Å². The lowest BCUT2D eigenvalue weighted by atomic mass is 10.0. The molecule has 0 atom stereocenters. The van der Waals surface area contributed by atoms with E-state index in [-0.39, 0.29) is 23.8 Å². The van der Waals surface area contributed by atoms with Crippen LogP contribution in [0.25, 0.3) is 22.3 Å². The molecule has 2 N–H and O–H groups in total. The van der Waals surface area contributed by atoms with Gasteiger partial charge in [-0.2, -0.15) is 0 Å². The summed E-state index contributed by atoms with van der Waals surface area (Å²) in [5, 5.41) is 13.3. The summed E-state index contributed by atoms with van der Waals surface area (Å²) >= 11 is 0. The van der Waals surface area contributed by atoms with E-state index in [1.54, 1.807) is 12.1 Å². The maximum Gasteiger partial charge on any atom is 0.338 e. The minimum atomic E-state index is -0.517. The molecule has 1 amide bonds. The molecule has 0 saturated heterocycles. The van der Waals surface area contributed by atoms with Crippen molar-refractivity contribution in [1.82, 2.24) is 5.32 Å². The van der Waals surface area contributed by atoms with E-state index in [9.17, 15) is 14.7 Å². The molecule has 4 rings (SSSR count). The normalized spacial score (nSPS) is 11.0. The Morgan fingerprint density at radius 1 is 1.00 bits per heavy atom. The summed E-state index contributed by atoms with van der Waals surface area (Å²) in [5.41, 5.74) is 2.98. The Morgan fingerprint density at radius 3 is 2.48 bits per heavy atom. The van der Waals surface area contributed by atoms with Gasteiger partial charge in [-0.15, -0.1) is 0 Å². The van der Waals surface area contributed by atoms with Crippen molar-refractivity contribution in [2.24, 2.45) is 5.92 Å². The Labute approximate surface area is 191 Å². The average molecular weight is 443 g/mol. The molecule has 0 aliphatic rings. The highest BCUT2D eigenvalue weighted by atomic mass is 16.5. The third-order valence-corrected chi connectivity index (χ3v) is 5.16. The lowest BCUT2D eigenvalue weighted by molar-refractivity contribution is 0.0472. The topological polar surface area (TPSA) is 88.8 Å². The van der Waals surface area contributed by atoms with Gasteiger partial charge >= 0.3 is 5.97 Å². The first-order chi connectivity index (χ1) is 15.9. The van der Waals surface area contributed by atoms with Gasteiger partial charge in [-0.3, -0.25) is 4.79 Å². The highest BCUT2D eigenvalue weighted by Crippen LogP contribution is 2.34. The van der Waals surface area contributed by atoms with Crippen LogP contribution in [0.1, 0.15) is 40.1 Å². The highest BCUT2D eigenvalue weighted by molar-refractivity contribution is 6.11. The minimum Gasteiger partial charge on any atom is -0.508 e. The predicted octanol–water partition coefficient (Wildman–Crippen LogP) is 5.55. The quantitative estimate of drug-likeness (QED) is 0.366. The van der Waals surface area contributed by atoms with Crippen molar-refractivity contribution in [1.29, 1.82) is 0 Å². The lowest BCUT2D eigenvalue weighted by Crippen LogP contribution is -2.27. The first kappa shape index (κ1) is 22.1. The number of ether oxygens (including phenoxy) is 1. The number of rotatable bonds is 7. The maximum atomic E-state index is 13.0. The van der Waals surface area contributed by atoms with Crippen molar-refractivity contribution in [2.75, 3.05) is 6.54 Å². The number of furan rings is 1. The van der Waals surface area contributed by atoms with Crippen LogP contribution in [0, 0.1) is 5.92 Å². The molecule has 1 heterocycles. The van der Waals surface area contributed by atoms with E-state index < -0.39 is 5.97 Å². The van der Waals surface area contributed by atoms with Crippen LogP contribution in [-0.2, 0) is 11.3 Å². The smallest absolute Gasteiger partial charge is 0.338 e. The highest BCUT2D eigenvalue weighted by Gasteiger charge is 2.22. The van der Waals surface area contributed by atoms with E-state index in [2.05, 4.69) is 5.32 Å². The van der Waals surface area contributed by atoms with E-state index in [4.69, 9.17) is 9.15 Å². The fraction of sp³-hybridized carbons (Fsp3) is 0.185. The molecule has 0 aliphatic heterocycles. The molecule has 0 aliphatic carbocycles. The minimum absolute atomic E-state index is 0.00729. The number of para-hydroxylation sites is 1. The molecule has 6 nitrogen and oxygen atoms in total.